The molecule has 2 aromatic carbocycles. The number of amides is 1. The number of nitrogens with zero attached hydrogens (tertiary/aromatic N) is 2. The number of nitrogens with one attached hydrogen (secondary N) is 1. The summed E-state index contributed by atoms with van der Waals surface area (Å²) in [6.45, 7) is 2.40. The second-order valence-corrected chi connectivity index (χ2v) is 14.1. The number of aryl methyl sites for hydroxylation is 1. The molecule has 3 aromatic rings. The second-order valence-electron chi connectivity index (χ2n) is 9.75. The fraction of sp³-hybridized carbons (Fsp3) is 0.296. The average Bonchev–Trinajstić information content (AvgIpc) is 3.09. The van der Waals surface area contributed by atoms with Crippen LogP contribution in [0.4, 0.5) is 10.1 Å². The van der Waals surface area contributed by atoms with Gasteiger partial charge in [0.2, 0.25) is 0 Å². The molecule has 0 fully saturated rings. The van der Waals surface area contributed by atoms with E-state index < -0.39 is 6.98 Å². The van der Waals surface area contributed by atoms with E-state index in [4.69, 9.17) is 15.2 Å². The van der Waals surface area contributed by atoms with Crippen molar-refractivity contribution < 1.29 is 23.4 Å². The first-order valence-corrected chi connectivity index (χ1v) is 14.8. The molecular formula is C27H33FN4O3P+. The Bertz CT molecular complexity index is 1350. The number of pyridine rings is 1. The predicted octanol–water partition coefficient (Wildman–Crippen LogP) is 3.79. The summed E-state index contributed by atoms with van der Waals surface area (Å²) in [6.07, 6.45) is 3.04. The number of halogens is 1. The number of hydrogen-bond acceptors (Lipinski definition) is 5. The number of hydrogen-bond donors (Lipinski definition) is 3. The number of anilines is 1. The average molecular weight is 512 g/mol. The van der Waals surface area contributed by atoms with Crippen molar-refractivity contribution in [3.8, 4) is 17.0 Å². The van der Waals surface area contributed by atoms with Gasteiger partial charge < -0.3 is 0 Å². The van der Waals surface area contributed by atoms with Crippen LogP contribution in [0.25, 0.3) is 11.3 Å². The first-order chi connectivity index (χ1) is 16.9. The van der Waals surface area contributed by atoms with E-state index in [-0.39, 0.29) is 18.1 Å². The van der Waals surface area contributed by atoms with E-state index in [1.54, 1.807) is 18.8 Å². The number of aromatic nitrogens is 1. The molecule has 0 unspecified atom stereocenters. The molecule has 1 aliphatic heterocycles. The molecule has 0 spiro atoms. The molecule has 0 saturated carbocycles. The minimum atomic E-state index is -3.69. The number of fused-ring (bicyclic) bond motifs is 1. The molecule has 1 aliphatic rings. The van der Waals surface area contributed by atoms with E-state index in [1.807, 2.05) is 56.0 Å². The van der Waals surface area contributed by atoms with Gasteiger partial charge in [0.15, 0.2) is 0 Å². The molecule has 7 nitrogen and oxygen atoms in total. The van der Waals surface area contributed by atoms with E-state index in [1.165, 1.54) is 12.1 Å². The van der Waals surface area contributed by atoms with Crippen molar-refractivity contribution in [2.75, 3.05) is 31.9 Å². The molecule has 0 bridgehead atoms. The maximum absolute atomic E-state index is 13.5. The Morgan fingerprint density at radius 2 is 2.00 bits per heavy atom. The van der Waals surface area contributed by atoms with Crippen LogP contribution < -0.4 is 20.9 Å². The number of rotatable bonds is 7. The van der Waals surface area contributed by atoms with Crippen molar-refractivity contribution in [2.24, 2.45) is 5.50 Å². The van der Waals surface area contributed by atoms with Crippen LogP contribution in [0.5, 0.6) is 5.75 Å². The van der Waals surface area contributed by atoms with Gasteiger partial charge in [0.25, 0.3) is 0 Å². The van der Waals surface area contributed by atoms with Gasteiger partial charge in [-0.3, -0.25) is 4.79 Å². The Morgan fingerprint density at radius 1 is 1.28 bits per heavy atom. The molecule has 4 N–H and O–H groups in total. The van der Waals surface area contributed by atoms with Gasteiger partial charge in [-0.1, -0.05) is 6.92 Å². The fourth-order valence-electron chi connectivity index (χ4n) is 4.10. The van der Waals surface area contributed by atoms with Gasteiger partial charge in [0, 0.05) is 6.42 Å². The van der Waals surface area contributed by atoms with Gasteiger partial charge in [-0.25, -0.2) is 0 Å². The summed E-state index contributed by atoms with van der Waals surface area (Å²) in [4.78, 5) is 27.8. The third-order valence-corrected chi connectivity index (χ3v) is 8.69. The van der Waals surface area contributed by atoms with Crippen molar-refractivity contribution in [2.45, 2.75) is 26.7 Å². The van der Waals surface area contributed by atoms with Crippen LogP contribution in [-0.2, 0) is 11.2 Å². The molecular weight excluding hydrogens is 478 g/mol. The Kier molecular flexibility index (Phi) is 6.97. The summed E-state index contributed by atoms with van der Waals surface area (Å²) in [5.41, 5.74) is 11.2. The summed E-state index contributed by atoms with van der Waals surface area (Å²) >= 11 is 0. The van der Waals surface area contributed by atoms with E-state index in [0.29, 0.717) is 41.7 Å². The van der Waals surface area contributed by atoms with E-state index in [2.05, 4.69) is 5.32 Å². The van der Waals surface area contributed by atoms with Crippen LogP contribution in [0.1, 0.15) is 30.2 Å². The molecule has 0 radical (unpaired) electrons. The molecule has 0 atom stereocenters. The SMILES string of the molecule is CCC(=O)Nc1cc(C=[N+](C)CCc2cc3c(c(-c4ccc(F)cc4)n2)OCP3(C)(N)O)ccc1C. The topological polar surface area (TPSA) is 100 Å². The van der Waals surface area contributed by atoms with Crippen LogP contribution in [-0.4, -0.2) is 53.2 Å². The minimum absolute atomic E-state index is 0.0240. The molecule has 36 heavy (non-hydrogen) atoms. The fourth-order valence-corrected chi connectivity index (χ4v) is 5.92. The summed E-state index contributed by atoms with van der Waals surface area (Å²) in [6, 6.07) is 13.8. The monoisotopic (exact) mass is 511 g/mol. The van der Waals surface area contributed by atoms with Crippen LogP contribution >= 0.6 is 6.98 Å². The van der Waals surface area contributed by atoms with Crippen molar-refractivity contribution >= 4 is 30.1 Å². The Hall–Kier alpha value is -3.19. The zero-order valence-corrected chi connectivity index (χ0v) is 22.0. The quantitative estimate of drug-likeness (QED) is 0.255. The first-order valence-electron chi connectivity index (χ1n) is 11.9. The van der Waals surface area contributed by atoms with E-state index in [0.717, 1.165) is 22.5 Å². The zero-order chi connectivity index (χ0) is 26.1. The van der Waals surface area contributed by atoms with Crippen LogP contribution in [0.2, 0.25) is 0 Å². The molecule has 4 rings (SSSR count). The first kappa shape index (κ1) is 25.9. The van der Waals surface area contributed by atoms with Crippen molar-refractivity contribution in [1.82, 2.24) is 4.98 Å². The van der Waals surface area contributed by atoms with Gasteiger partial charge in [-0.2, -0.15) is 0 Å². The number of likely N-dealkylation sites (N-methyl/N-ethyl adjacent to an activating group) is 1. The van der Waals surface area contributed by atoms with E-state index >= 15 is 0 Å². The Balaban J connectivity index is 1.61. The molecule has 1 amide bonds. The Morgan fingerprint density at radius 3 is 2.69 bits per heavy atom. The standard InChI is InChI=1S/C27H32FN4O3P/c1-5-25(33)31-23-14-19(7-6-18(23)2)16-32(3)13-12-22-15-24-27(35-17-36(24,4,29)34)26(30-22)20-8-10-21(28)11-9-20/h6-11,14-16,34H,5,12-13,17,29H2,1-4H3/p+1. The molecule has 2 heterocycles. The Labute approximate surface area is 210 Å². The number of carbonyl (C=O) groups excluding carboxylic acids is 1. The summed E-state index contributed by atoms with van der Waals surface area (Å²) < 4.78 is 21.4. The molecule has 1 aromatic heterocycles. The summed E-state index contributed by atoms with van der Waals surface area (Å²) in [5.74, 6) is 0.107. The number of nitrogens with two attached hydrogens (primary N) is 1. The summed E-state index contributed by atoms with van der Waals surface area (Å²) in [5, 5.41) is 3.53. The molecule has 0 saturated heterocycles. The number of carbonyl (C=O) groups is 1. The third-order valence-electron chi connectivity index (χ3n) is 6.26. The number of benzene rings is 2. The van der Waals surface area contributed by atoms with Crippen molar-refractivity contribution in [3.63, 3.8) is 0 Å². The van der Waals surface area contributed by atoms with Crippen LogP contribution in [0.3, 0.4) is 0 Å². The molecule has 9 heteroatoms. The van der Waals surface area contributed by atoms with Gasteiger partial charge >= 0.3 is 193 Å². The van der Waals surface area contributed by atoms with Gasteiger partial charge in [0.05, 0.1) is 0 Å². The van der Waals surface area contributed by atoms with E-state index in [9.17, 15) is 14.1 Å². The summed E-state index contributed by atoms with van der Waals surface area (Å²) in [7, 11) is 1.97. The van der Waals surface area contributed by atoms with Crippen LogP contribution in [0, 0.1) is 12.7 Å². The predicted molar refractivity (Wildman–Crippen MR) is 144 cm³/mol. The maximum atomic E-state index is 13.5. The van der Waals surface area contributed by atoms with Crippen LogP contribution in [0.15, 0.2) is 48.5 Å². The number of ether oxygens (including phenoxy) is 1. The second kappa shape index (κ2) is 9.69. The van der Waals surface area contributed by atoms with Gasteiger partial charge in [0.1, 0.15) is 0 Å². The van der Waals surface area contributed by atoms with Crippen molar-refractivity contribution in [1.29, 1.82) is 0 Å². The molecule has 0 aliphatic carbocycles. The third kappa shape index (κ3) is 5.62. The van der Waals surface area contributed by atoms with Gasteiger partial charge in [-0.05, 0) is 0 Å². The zero-order valence-electron chi connectivity index (χ0n) is 21.1. The normalized spacial score (nSPS) is 17.0. The molecule has 190 valence electrons. The van der Waals surface area contributed by atoms with Crippen molar-refractivity contribution in [3.05, 3.63) is 71.2 Å². The van der Waals surface area contributed by atoms with Gasteiger partial charge in [-0.15, -0.1) is 0 Å².